The Kier molecular flexibility index (Phi) is 8.56. The molecule has 0 aromatic heterocycles. The van der Waals surface area contributed by atoms with Gasteiger partial charge < -0.3 is 28.4 Å². The van der Waals surface area contributed by atoms with Crippen LogP contribution in [0.3, 0.4) is 0 Å². The predicted molar refractivity (Wildman–Crippen MR) is 41.3 cm³/mol. The Labute approximate surface area is 99.8 Å². The molecule has 1 unspecified atom stereocenters. The van der Waals surface area contributed by atoms with Crippen LogP contribution in [0, 0.1) is 0 Å². The summed E-state index contributed by atoms with van der Waals surface area (Å²) in [7, 11) is -6.87. The van der Waals surface area contributed by atoms with Gasteiger partial charge in [0.15, 0.2) is 0 Å². The maximum atomic E-state index is 10.7. The summed E-state index contributed by atoms with van der Waals surface area (Å²) >= 11 is 0. The van der Waals surface area contributed by atoms with Crippen LogP contribution in [-0.4, -0.2) is 36.5 Å². The fraction of sp³-hybridized carbons (Fsp3) is 1.00. The summed E-state index contributed by atoms with van der Waals surface area (Å²) in [6.07, 6.45) is -0.301. The third-order valence-electron chi connectivity index (χ3n) is 1.22. The van der Waals surface area contributed by atoms with E-state index in [2.05, 4.69) is 4.52 Å². The van der Waals surface area contributed by atoms with E-state index in [1.54, 1.807) is 0 Å². The van der Waals surface area contributed by atoms with Crippen molar-refractivity contribution in [1.29, 1.82) is 0 Å². The Morgan fingerprint density at radius 2 is 1.92 bits per heavy atom. The third kappa shape index (κ3) is 11.2. The smallest absolute Gasteiger partial charge is 0.779 e. The van der Waals surface area contributed by atoms with E-state index in [0.29, 0.717) is 0 Å². The van der Waals surface area contributed by atoms with Crippen LogP contribution in [0.5, 0.6) is 0 Å². The fourth-order valence-corrected chi connectivity index (χ4v) is 2.28. The molecule has 6 nitrogen and oxygen atoms in total. The van der Waals surface area contributed by atoms with Crippen molar-refractivity contribution in [3.63, 3.8) is 0 Å². The van der Waals surface area contributed by atoms with Gasteiger partial charge in [0, 0.05) is 19.3 Å². The first kappa shape index (κ1) is 16.7. The molecule has 0 bridgehead atoms. The van der Waals surface area contributed by atoms with Crippen molar-refractivity contribution in [2.45, 2.75) is 12.5 Å². The van der Waals surface area contributed by atoms with E-state index in [0.717, 1.165) is 7.11 Å². The van der Waals surface area contributed by atoms with Crippen LogP contribution in [0.4, 0.5) is 0 Å². The average molecular weight is 238 g/mol. The summed E-state index contributed by atoms with van der Waals surface area (Å²) in [4.78, 5) is 36.2. The summed E-state index contributed by atoms with van der Waals surface area (Å²) in [5.41, 5.74) is 0. The predicted octanol–water partition coefficient (Wildman–Crippen LogP) is -4.50. The first-order valence-corrected chi connectivity index (χ1v) is 7.07. The Hall–Kier alpha value is 1.25. The Bertz CT molecular complexity index is 182. The van der Waals surface area contributed by atoms with E-state index in [4.69, 9.17) is 14.4 Å². The second-order valence-corrected chi connectivity index (χ2v) is 6.48. The first-order chi connectivity index (χ1) is 5.27. The molecule has 0 fully saturated rings. The van der Waals surface area contributed by atoms with E-state index in [9.17, 15) is 9.46 Å². The van der Waals surface area contributed by atoms with Crippen LogP contribution in [0.2, 0.25) is 6.04 Å². The van der Waals surface area contributed by atoms with Crippen molar-refractivity contribution in [1.82, 2.24) is 0 Å². The molecule has 0 aromatic carbocycles. The monoisotopic (exact) mass is 238 g/mol. The molecule has 0 heterocycles. The van der Waals surface area contributed by atoms with Gasteiger partial charge in [0.1, 0.15) is 7.60 Å². The largest absolute Gasteiger partial charge is 1.00 e. The second-order valence-electron chi connectivity index (χ2n) is 2.39. The Morgan fingerprint density at radius 1 is 1.46 bits per heavy atom. The third-order valence-corrected chi connectivity index (χ3v) is 3.67. The van der Waals surface area contributed by atoms with E-state index in [-0.39, 0.29) is 48.2 Å². The minimum Gasteiger partial charge on any atom is -0.779 e. The molecule has 0 aromatic rings. The van der Waals surface area contributed by atoms with Gasteiger partial charge in [0.2, 0.25) is 0 Å². The van der Waals surface area contributed by atoms with Gasteiger partial charge >= 0.3 is 38.4 Å². The van der Waals surface area contributed by atoms with Crippen LogP contribution in [0.25, 0.3) is 0 Å². The van der Waals surface area contributed by atoms with Gasteiger partial charge in [-0.15, -0.1) is 0 Å². The van der Waals surface area contributed by atoms with E-state index >= 15 is 0 Å². The zero-order valence-electron chi connectivity index (χ0n) is 7.63. The molecule has 0 spiro atoms. The summed E-state index contributed by atoms with van der Waals surface area (Å²) < 4.78 is 14.8. The van der Waals surface area contributed by atoms with Gasteiger partial charge in [-0.25, -0.2) is 0 Å². The minimum atomic E-state index is -4.09. The zero-order valence-corrected chi connectivity index (χ0v) is 11.5. The Balaban J connectivity index is 0. The van der Waals surface area contributed by atoms with Gasteiger partial charge in [-0.1, -0.05) is 0 Å². The van der Waals surface area contributed by atoms with Crippen LogP contribution >= 0.6 is 7.60 Å². The Morgan fingerprint density at radius 3 is 2.23 bits per heavy atom. The molecular formula is C4H12NaO6PSi. The van der Waals surface area contributed by atoms with Crippen LogP contribution in [-0.2, 0) is 9.09 Å². The average Bonchev–Trinajstić information content (AvgIpc) is 1.84. The van der Waals surface area contributed by atoms with Gasteiger partial charge in [0.25, 0.3) is 0 Å². The topological polar surface area (TPSA) is 110 Å². The second kappa shape index (κ2) is 6.68. The zero-order chi connectivity index (χ0) is 9.83. The van der Waals surface area contributed by atoms with Crippen molar-refractivity contribution in [2.75, 3.05) is 13.3 Å². The van der Waals surface area contributed by atoms with Gasteiger partial charge in [-0.05, 0) is 6.42 Å². The summed E-state index contributed by atoms with van der Waals surface area (Å²) in [6.45, 7) is 0. The molecule has 1 atom stereocenters. The number of rotatable bonds is 5. The van der Waals surface area contributed by atoms with Gasteiger partial charge in [0.05, 0.1) is 0 Å². The molecule has 13 heavy (non-hydrogen) atoms. The molecule has 3 N–H and O–H groups in total. The molecule has 74 valence electrons. The van der Waals surface area contributed by atoms with Crippen molar-refractivity contribution >= 4 is 16.4 Å². The molecule has 0 radical (unpaired) electrons. The summed E-state index contributed by atoms with van der Waals surface area (Å²) in [5, 5.41) is 0. The molecule has 0 aliphatic heterocycles. The fourth-order valence-electron chi connectivity index (χ4n) is 0.601. The van der Waals surface area contributed by atoms with Crippen LogP contribution in [0.15, 0.2) is 0 Å². The quantitative estimate of drug-likeness (QED) is 0.329. The first-order valence-electron chi connectivity index (χ1n) is 3.30. The number of hydrogen-bond acceptors (Lipinski definition) is 6. The summed E-state index contributed by atoms with van der Waals surface area (Å²) in [5.74, 6) is 0. The van der Waals surface area contributed by atoms with Crippen molar-refractivity contribution in [3.8, 4) is 0 Å². The molecule has 0 saturated carbocycles. The molecule has 0 aliphatic rings. The molecule has 0 rings (SSSR count). The molecule has 0 amide bonds. The van der Waals surface area contributed by atoms with Crippen molar-refractivity contribution in [3.05, 3.63) is 0 Å². The number of hydrogen-bond donors (Lipinski definition) is 3. The normalized spacial score (nSPS) is 16.1. The SMILES string of the molecule is COP(=O)([O-])CCC[Si](O)(O)O.[Na+]. The minimum absolute atomic E-state index is 0. The van der Waals surface area contributed by atoms with E-state index in [1.807, 2.05) is 0 Å². The van der Waals surface area contributed by atoms with Crippen LogP contribution < -0.4 is 34.5 Å². The van der Waals surface area contributed by atoms with Crippen molar-refractivity contribution < 1.29 is 57.9 Å². The molecule has 0 aliphatic carbocycles. The van der Waals surface area contributed by atoms with E-state index < -0.39 is 16.4 Å². The maximum Gasteiger partial charge on any atom is 1.00 e. The molecule has 9 heteroatoms. The van der Waals surface area contributed by atoms with Gasteiger partial charge in [-0.3, -0.25) is 0 Å². The summed E-state index contributed by atoms with van der Waals surface area (Å²) in [6, 6.07) is -0.289. The molecule has 0 saturated heterocycles. The standard InChI is InChI=1S/C4H13O6PSi.Na/c1-10-11(5,6)3-2-4-12(7,8)9;/h7-9H,2-4H2,1H3,(H,5,6);/q;+1/p-1. The molecular weight excluding hydrogens is 226 g/mol. The van der Waals surface area contributed by atoms with E-state index in [1.165, 1.54) is 0 Å². The maximum absolute atomic E-state index is 10.7. The van der Waals surface area contributed by atoms with Gasteiger partial charge in [-0.2, -0.15) is 0 Å². The van der Waals surface area contributed by atoms with Crippen molar-refractivity contribution in [2.24, 2.45) is 0 Å². The van der Waals surface area contributed by atoms with Crippen LogP contribution in [0.1, 0.15) is 6.42 Å².